The maximum absolute atomic E-state index is 5.94. The second-order valence-corrected chi connectivity index (χ2v) is 5.23. The minimum atomic E-state index is 0.450. The van der Waals surface area contributed by atoms with Gasteiger partial charge in [0.25, 0.3) is 0 Å². The number of nitrogens with one attached hydrogen (secondary N) is 1. The van der Waals surface area contributed by atoms with Crippen molar-refractivity contribution in [3.63, 3.8) is 0 Å². The van der Waals surface area contributed by atoms with Crippen LogP contribution in [0.1, 0.15) is 36.4 Å². The summed E-state index contributed by atoms with van der Waals surface area (Å²) in [7, 11) is 0. The quantitative estimate of drug-likeness (QED) is 0.877. The molecule has 0 saturated heterocycles. The zero-order chi connectivity index (χ0) is 14.5. The molecule has 4 nitrogen and oxygen atoms in total. The van der Waals surface area contributed by atoms with Crippen molar-refractivity contribution in [3.05, 3.63) is 46.8 Å². The zero-order valence-electron chi connectivity index (χ0n) is 12.6. The average Bonchev–Trinajstić information content (AvgIpc) is 2.74. The van der Waals surface area contributed by atoms with E-state index in [1.165, 1.54) is 0 Å². The lowest BCUT2D eigenvalue weighted by atomic mass is 10.2. The number of hydrogen-bond donors (Lipinski definition) is 1. The molecule has 0 fully saturated rings. The summed E-state index contributed by atoms with van der Waals surface area (Å²) in [6, 6.07) is 8.54. The van der Waals surface area contributed by atoms with Gasteiger partial charge in [-0.2, -0.15) is 0 Å². The van der Waals surface area contributed by atoms with Gasteiger partial charge in [0.15, 0.2) is 0 Å². The van der Waals surface area contributed by atoms with Gasteiger partial charge >= 0.3 is 0 Å². The summed E-state index contributed by atoms with van der Waals surface area (Å²) < 4.78 is 11.1. The third-order valence-electron chi connectivity index (χ3n) is 3.23. The molecule has 0 spiro atoms. The predicted octanol–water partition coefficient (Wildman–Crippen LogP) is 3.37. The topological polar surface area (TPSA) is 47.3 Å². The zero-order valence-corrected chi connectivity index (χ0v) is 12.6. The van der Waals surface area contributed by atoms with E-state index in [1.54, 1.807) is 0 Å². The highest BCUT2D eigenvalue weighted by molar-refractivity contribution is 5.33. The maximum Gasteiger partial charge on any atom is 0.140 e. The van der Waals surface area contributed by atoms with Crippen molar-refractivity contribution in [1.82, 2.24) is 10.5 Å². The number of nitrogens with zero attached hydrogens (tertiary/aromatic N) is 1. The van der Waals surface area contributed by atoms with E-state index in [0.717, 1.165) is 34.9 Å². The van der Waals surface area contributed by atoms with Crippen LogP contribution in [0.5, 0.6) is 5.75 Å². The number of ether oxygens (including phenoxy) is 1. The molecule has 1 N–H and O–H groups in total. The van der Waals surface area contributed by atoms with Crippen LogP contribution in [0.15, 0.2) is 28.8 Å². The van der Waals surface area contributed by atoms with Crippen LogP contribution >= 0.6 is 0 Å². The minimum Gasteiger partial charge on any atom is -0.488 e. The Morgan fingerprint density at radius 1 is 1.25 bits per heavy atom. The summed E-state index contributed by atoms with van der Waals surface area (Å²) >= 11 is 0. The van der Waals surface area contributed by atoms with Crippen molar-refractivity contribution in [2.45, 2.75) is 46.9 Å². The lowest BCUT2D eigenvalue weighted by molar-refractivity contribution is 0.297. The molecule has 4 heteroatoms. The second kappa shape index (κ2) is 6.57. The fourth-order valence-corrected chi connectivity index (χ4v) is 1.96. The van der Waals surface area contributed by atoms with Crippen molar-refractivity contribution < 1.29 is 9.26 Å². The highest BCUT2D eigenvalue weighted by Gasteiger charge is 2.11. The number of para-hydroxylation sites is 1. The monoisotopic (exact) mass is 274 g/mol. The summed E-state index contributed by atoms with van der Waals surface area (Å²) in [6.45, 7) is 9.39. The summed E-state index contributed by atoms with van der Waals surface area (Å²) in [4.78, 5) is 0. The fourth-order valence-electron chi connectivity index (χ4n) is 1.96. The van der Waals surface area contributed by atoms with E-state index in [0.29, 0.717) is 12.6 Å². The molecule has 0 aliphatic carbocycles. The maximum atomic E-state index is 5.94. The molecule has 0 aliphatic rings. The molecule has 20 heavy (non-hydrogen) atoms. The Morgan fingerprint density at radius 2 is 2.00 bits per heavy atom. The van der Waals surface area contributed by atoms with Crippen molar-refractivity contribution >= 4 is 0 Å². The van der Waals surface area contributed by atoms with E-state index in [4.69, 9.17) is 9.26 Å². The van der Waals surface area contributed by atoms with E-state index in [-0.39, 0.29) is 0 Å². The van der Waals surface area contributed by atoms with Gasteiger partial charge in [0, 0.05) is 18.2 Å². The van der Waals surface area contributed by atoms with Crippen molar-refractivity contribution in [2.75, 3.05) is 0 Å². The molecular formula is C16H22N2O2. The number of rotatable bonds is 6. The normalized spacial score (nSPS) is 11.1. The van der Waals surface area contributed by atoms with E-state index in [1.807, 2.05) is 32.0 Å². The van der Waals surface area contributed by atoms with Crippen LogP contribution in [0.3, 0.4) is 0 Å². The van der Waals surface area contributed by atoms with Crippen molar-refractivity contribution in [1.29, 1.82) is 0 Å². The Labute approximate surface area is 120 Å². The third-order valence-corrected chi connectivity index (χ3v) is 3.23. The molecule has 0 unspecified atom stereocenters. The van der Waals surface area contributed by atoms with Crippen LogP contribution in [0.25, 0.3) is 0 Å². The number of aromatic nitrogens is 1. The molecule has 0 bridgehead atoms. The summed E-state index contributed by atoms with van der Waals surface area (Å²) in [6.07, 6.45) is 0. The number of benzene rings is 1. The first kappa shape index (κ1) is 14.6. The summed E-state index contributed by atoms with van der Waals surface area (Å²) in [5, 5.41) is 7.35. The SMILES string of the molecule is Cc1noc(C)c1COc1ccccc1CNC(C)C. The van der Waals surface area contributed by atoms with E-state index >= 15 is 0 Å². The Kier molecular flexibility index (Phi) is 4.79. The number of hydrogen-bond acceptors (Lipinski definition) is 4. The first-order valence-electron chi connectivity index (χ1n) is 6.93. The highest BCUT2D eigenvalue weighted by atomic mass is 16.5. The van der Waals surface area contributed by atoms with Gasteiger partial charge in [0.2, 0.25) is 0 Å². The van der Waals surface area contributed by atoms with Crippen LogP contribution in [0.4, 0.5) is 0 Å². The summed E-state index contributed by atoms with van der Waals surface area (Å²) in [5.74, 6) is 1.72. The Balaban J connectivity index is 2.06. The number of aryl methyl sites for hydroxylation is 2. The van der Waals surface area contributed by atoms with E-state index in [9.17, 15) is 0 Å². The highest BCUT2D eigenvalue weighted by Crippen LogP contribution is 2.21. The van der Waals surface area contributed by atoms with E-state index < -0.39 is 0 Å². The van der Waals surface area contributed by atoms with Crippen LogP contribution in [-0.2, 0) is 13.2 Å². The first-order valence-corrected chi connectivity index (χ1v) is 6.93. The minimum absolute atomic E-state index is 0.450. The van der Waals surface area contributed by atoms with Gasteiger partial charge in [0.1, 0.15) is 18.1 Å². The van der Waals surface area contributed by atoms with Gasteiger partial charge in [-0.15, -0.1) is 0 Å². The molecule has 0 atom stereocenters. The molecule has 1 aromatic carbocycles. The average molecular weight is 274 g/mol. The van der Waals surface area contributed by atoms with Crippen molar-refractivity contribution in [2.24, 2.45) is 0 Å². The molecular weight excluding hydrogens is 252 g/mol. The first-order chi connectivity index (χ1) is 9.58. The third kappa shape index (κ3) is 3.61. The summed E-state index contributed by atoms with van der Waals surface area (Å²) in [5.41, 5.74) is 3.07. The molecule has 0 amide bonds. The van der Waals surface area contributed by atoms with Gasteiger partial charge in [-0.3, -0.25) is 0 Å². The fraction of sp³-hybridized carbons (Fsp3) is 0.438. The van der Waals surface area contributed by atoms with Crippen LogP contribution in [0.2, 0.25) is 0 Å². The predicted molar refractivity (Wildman–Crippen MR) is 78.7 cm³/mol. The van der Waals surface area contributed by atoms with Gasteiger partial charge < -0.3 is 14.6 Å². The molecule has 1 heterocycles. The molecule has 0 radical (unpaired) electrons. The standard InChI is InChI=1S/C16H22N2O2/c1-11(2)17-9-14-7-5-6-8-16(14)19-10-15-12(3)18-20-13(15)4/h5-8,11,17H,9-10H2,1-4H3. The Morgan fingerprint density at radius 3 is 2.65 bits per heavy atom. The second-order valence-electron chi connectivity index (χ2n) is 5.23. The molecule has 0 saturated carbocycles. The van der Waals surface area contributed by atoms with Gasteiger partial charge in [-0.1, -0.05) is 37.2 Å². The van der Waals surface area contributed by atoms with E-state index in [2.05, 4.69) is 30.4 Å². The smallest absolute Gasteiger partial charge is 0.140 e. The molecule has 108 valence electrons. The molecule has 2 rings (SSSR count). The van der Waals surface area contributed by atoms with Gasteiger partial charge in [0.05, 0.1) is 11.3 Å². The Hall–Kier alpha value is -1.81. The van der Waals surface area contributed by atoms with Crippen LogP contribution in [-0.4, -0.2) is 11.2 Å². The van der Waals surface area contributed by atoms with Crippen LogP contribution in [0, 0.1) is 13.8 Å². The van der Waals surface area contributed by atoms with Gasteiger partial charge in [-0.25, -0.2) is 0 Å². The van der Waals surface area contributed by atoms with Crippen LogP contribution < -0.4 is 10.1 Å². The van der Waals surface area contributed by atoms with Gasteiger partial charge in [-0.05, 0) is 19.9 Å². The molecule has 0 aliphatic heterocycles. The largest absolute Gasteiger partial charge is 0.488 e. The van der Waals surface area contributed by atoms with Crippen molar-refractivity contribution in [3.8, 4) is 5.75 Å². The lowest BCUT2D eigenvalue weighted by Gasteiger charge is -2.13. The lowest BCUT2D eigenvalue weighted by Crippen LogP contribution is -2.22. The molecule has 2 aromatic rings. The Bertz CT molecular complexity index is 542. The molecule has 1 aromatic heterocycles.